The van der Waals surface area contributed by atoms with Crippen LogP contribution in [-0.4, -0.2) is 16.4 Å². The lowest BCUT2D eigenvalue weighted by molar-refractivity contribution is -0.114. The van der Waals surface area contributed by atoms with Crippen LogP contribution >= 0.6 is 11.3 Å². The van der Waals surface area contributed by atoms with Gasteiger partial charge < -0.3 is 15.2 Å². The molecule has 1 aromatic carbocycles. The normalized spacial score (nSPS) is 10.6. The number of amides is 2. The summed E-state index contributed by atoms with van der Waals surface area (Å²) >= 11 is 1.61. The number of nitrogens with one attached hydrogen (secondary N) is 2. The van der Waals surface area contributed by atoms with E-state index in [0.717, 1.165) is 10.2 Å². The molecule has 0 saturated heterocycles. The molecule has 2 aromatic heterocycles. The molecule has 2 amide bonds. The Morgan fingerprint density at radius 3 is 2.27 bits per heavy atom. The molecule has 3 rings (SSSR count). The van der Waals surface area contributed by atoms with Gasteiger partial charge in [0.25, 0.3) is 5.91 Å². The first-order valence-electron chi connectivity index (χ1n) is 6.76. The van der Waals surface area contributed by atoms with Crippen molar-refractivity contribution in [2.45, 2.75) is 6.92 Å². The van der Waals surface area contributed by atoms with E-state index < -0.39 is 0 Å². The zero-order valence-corrected chi connectivity index (χ0v) is 13.0. The fourth-order valence-corrected chi connectivity index (χ4v) is 3.15. The lowest BCUT2D eigenvalue weighted by atomic mass is 10.2. The highest BCUT2D eigenvalue weighted by atomic mass is 32.1. The molecule has 0 aliphatic heterocycles. The van der Waals surface area contributed by atoms with Gasteiger partial charge in [-0.1, -0.05) is 0 Å². The Morgan fingerprint density at radius 2 is 1.68 bits per heavy atom. The molecule has 0 atom stereocenters. The third-order valence-electron chi connectivity index (χ3n) is 3.36. The number of aromatic nitrogens is 1. The molecule has 0 fully saturated rings. The fourth-order valence-electron chi connectivity index (χ4n) is 2.30. The number of benzene rings is 1. The van der Waals surface area contributed by atoms with Crippen LogP contribution in [0.15, 0.2) is 41.8 Å². The van der Waals surface area contributed by atoms with Gasteiger partial charge >= 0.3 is 0 Å². The zero-order chi connectivity index (χ0) is 15.7. The van der Waals surface area contributed by atoms with Crippen LogP contribution in [0.2, 0.25) is 0 Å². The van der Waals surface area contributed by atoms with Crippen molar-refractivity contribution in [1.82, 2.24) is 4.57 Å². The van der Waals surface area contributed by atoms with Crippen molar-refractivity contribution in [3.8, 4) is 0 Å². The molecule has 2 N–H and O–H groups in total. The molecule has 3 aromatic rings. The first-order chi connectivity index (χ1) is 10.5. The van der Waals surface area contributed by atoms with Gasteiger partial charge in [-0.25, -0.2) is 0 Å². The minimum Gasteiger partial charge on any atom is -0.339 e. The molecule has 0 bridgehead atoms. The van der Waals surface area contributed by atoms with Crippen molar-refractivity contribution >= 4 is 44.7 Å². The molecule has 22 heavy (non-hydrogen) atoms. The summed E-state index contributed by atoms with van der Waals surface area (Å²) in [5.41, 5.74) is 3.05. The number of hydrogen-bond donors (Lipinski definition) is 2. The van der Waals surface area contributed by atoms with Crippen LogP contribution in [-0.2, 0) is 11.8 Å². The summed E-state index contributed by atoms with van der Waals surface area (Å²) in [5.74, 6) is -0.279. The monoisotopic (exact) mass is 313 g/mol. The van der Waals surface area contributed by atoms with Crippen LogP contribution in [0.1, 0.15) is 17.4 Å². The van der Waals surface area contributed by atoms with Gasteiger partial charge in [0.1, 0.15) is 5.69 Å². The van der Waals surface area contributed by atoms with Crippen LogP contribution in [0.25, 0.3) is 10.2 Å². The van der Waals surface area contributed by atoms with E-state index in [-0.39, 0.29) is 11.8 Å². The van der Waals surface area contributed by atoms with Gasteiger partial charge in [-0.05, 0) is 41.8 Å². The quantitative estimate of drug-likeness (QED) is 0.778. The number of nitrogens with zero attached hydrogens (tertiary/aromatic N) is 1. The predicted molar refractivity (Wildman–Crippen MR) is 89.5 cm³/mol. The minimum absolute atomic E-state index is 0.124. The maximum atomic E-state index is 12.4. The number of thiophene rings is 1. The number of aryl methyl sites for hydroxylation is 1. The van der Waals surface area contributed by atoms with E-state index in [0.29, 0.717) is 17.1 Å². The second-order valence-corrected chi connectivity index (χ2v) is 5.92. The van der Waals surface area contributed by atoms with Crippen LogP contribution < -0.4 is 10.6 Å². The van der Waals surface area contributed by atoms with E-state index in [1.807, 2.05) is 29.1 Å². The van der Waals surface area contributed by atoms with Crippen LogP contribution in [0, 0.1) is 0 Å². The Hall–Kier alpha value is -2.60. The molecule has 0 spiro atoms. The fraction of sp³-hybridized carbons (Fsp3) is 0.125. The summed E-state index contributed by atoms with van der Waals surface area (Å²) in [5, 5.41) is 7.56. The van der Waals surface area contributed by atoms with E-state index in [2.05, 4.69) is 10.6 Å². The van der Waals surface area contributed by atoms with E-state index in [9.17, 15) is 9.59 Å². The Labute approximate surface area is 131 Å². The number of anilines is 2. The first kappa shape index (κ1) is 14.3. The van der Waals surface area contributed by atoms with Gasteiger partial charge in [0, 0.05) is 25.3 Å². The minimum atomic E-state index is -0.154. The highest BCUT2D eigenvalue weighted by molar-refractivity contribution is 7.17. The zero-order valence-electron chi connectivity index (χ0n) is 12.2. The first-order valence-corrected chi connectivity index (χ1v) is 7.64. The number of rotatable bonds is 3. The van der Waals surface area contributed by atoms with Gasteiger partial charge in [-0.3, -0.25) is 9.59 Å². The maximum Gasteiger partial charge on any atom is 0.272 e. The summed E-state index contributed by atoms with van der Waals surface area (Å²) < 4.78 is 2.97. The van der Waals surface area contributed by atoms with E-state index >= 15 is 0 Å². The lowest BCUT2D eigenvalue weighted by Crippen LogP contribution is -2.15. The summed E-state index contributed by atoms with van der Waals surface area (Å²) in [6.45, 7) is 1.46. The van der Waals surface area contributed by atoms with E-state index in [1.54, 1.807) is 35.6 Å². The second kappa shape index (κ2) is 5.65. The van der Waals surface area contributed by atoms with Gasteiger partial charge in [0.2, 0.25) is 5.91 Å². The van der Waals surface area contributed by atoms with Crippen molar-refractivity contribution in [1.29, 1.82) is 0 Å². The molecule has 6 heteroatoms. The Balaban J connectivity index is 1.77. The number of carbonyl (C=O) groups excluding carboxylic acids is 2. The molecular formula is C16H15N3O2S. The number of fused-ring (bicyclic) bond motifs is 1. The molecule has 2 heterocycles. The molecule has 0 unspecified atom stereocenters. The van der Waals surface area contributed by atoms with Crippen molar-refractivity contribution in [2.75, 3.05) is 10.6 Å². The maximum absolute atomic E-state index is 12.4. The number of carbonyl (C=O) groups is 2. The molecule has 0 aliphatic rings. The Bertz CT molecular complexity index is 846. The smallest absolute Gasteiger partial charge is 0.272 e. The SMILES string of the molecule is CC(=O)Nc1ccc(NC(=O)c2cc3sccc3n2C)cc1. The largest absolute Gasteiger partial charge is 0.339 e. The van der Waals surface area contributed by atoms with E-state index in [1.165, 1.54) is 6.92 Å². The molecule has 0 saturated carbocycles. The standard InChI is InChI=1S/C16H15N3O2S/c1-10(20)17-11-3-5-12(6-4-11)18-16(21)14-9-15-13(19(14)2)7-8-22-15/h3-9H,1-2H3,(H,17,20)(H,18,21). The summed E-state index contributed by atoms with van der Waals surface area (Å²) in [7, 11) is 1.88. The summed E-state index contributed by atoms with van der Waals surface area (Å²) in [4.78, 5) is 23.3. The van der Waals surface area contributed by atoms with Crippen molar-refractivity contribution < 1.29 is 9.59 Å². The average molecular weight is 313 g/mol. The molecule has 5 nitrogen and oxygen atoms in total. The average Bonchev–Trinajstić information content (AvgIpc) is 3.04. The summed E-state index contributed by atoms with van der Waals surface area (Å²) in [6.07, 6.45) is 0. The third-order valence-corrected chi connectivity index (χ3v) is 4.21. The van der Waals surface area contributed by atoms with Crippen LogP contribution in [0.5, 0.6) is 0 Å². The highest BCUT2D eigenvalue weighted by Gasteiger charge is 2.14. The Morgan fingerprint density at radius 1 is 1.05 bits per heavy atom. The molecule has 0 aliphatic carbocycles. The van der Waals surface area contributed by atoms with Crippen molar-refractivity contribution in [3.05, 3.63) is 47.5 Å². The molecular weight excluding hydrogens is 298 g/mol. The molecule has 112 valence electrons. The third kappa shape index (κ3) is 2.73. The number of hydrogen-bond acceptors (Lipinski definition) is 3. The second-order valence-electron chi connectivity index (χ2n) is 4.97. The summed E-state index contributed by atoms with van der Waals surface area (Å²) in [6, 6.07) is 10.9. The lowest BCUT2D eigenvalue weighted by Gasteiger charge is -2.08. The van der Waals surface area contributed by atoms with E-state index in [4.69, 9.17) is 0 Å². The van der Waals surface area contributed by atoms with Crippen molar-refractivity contribution in [2.24, 2.45) is 7.05 Å². The Kier molecular flexibility index (Phi) is 3.68. The van der Waals surface area contributed by atoms with Crippen LogP contribution in [0.4, 0.5) is 11.4 Å². The van der Waals surface area contributed by atoms with Gasteiger partial charge in [-0.2, -0.15) is 0 Å². The van der Waals surface area contributed by atoms with Gasteiger partial charge in [0.15, 0.2) is 0 Å². The topological polar surface area (TPSA) is 63.1 Å². The highest BCUT2D eigenvalue weighted by Crippen LogP contribution is 2.24. The van der Waals surface area contributed by atoms with Crippen LogP contribution in [0.3, 0.4) is 0 Å². The van der Waals surface area contributed by atoms with Gasteiger partial charge in [-0.15, -0.1) is 11.3 Å². The predicted octanol–water partition coefficient (Wildman–Crippen LogP) is 3.45. The van der Waals surface area contributed by atoms with Crippen molar-refractivity contribution in [3.63, 3.8) is 0 Å². The van der Waals surface area contributed by atoms with Gasteiger partial charge in [0.05, 0.1) is 10.2 Å². The molecule has 0 radical (unpaired) electrons.